The highest BCUT2D eigenvalue weighted by molar-refractivity contribution is 7.98. The number of nitriles is 1. The van der Waals surface area contributed by atoms with E-state index in [1.807, 2.05) is 36.4 Å². The molecule has 2 rings (SSSR count). The van der Waals surface area contributed by atoms with Gasteiger partial charge in [0.05, 0.1) is 6.07 Å². The number of thioether (sulfide) groups is 1. The second-order valence-electron chi connectivity index (χ2n) is 5.45. The molecule has 6 nitrogen and oxygen atoms in total. The van der Waals surface area contributed by atoms with Crippen LogP contribution in [-0.2, 0) is 10.5 Å². The Morgan fingerprint density at radius 1 is 1.12 bits per heavy atom. The van der Waals surface area contributed by atoms with Crippen molar-refractivity contribution >= 4 is 23.6 Å². The Balaban J connectivity index is 1.98. The Morgan fingerprint density at radius 2 is 1.81 bits per heavy atom. The number of carbonyl (C=O) groups excluding carboxylic acids is 2. The molecular formula is C19H19N3O3S. The zero-order chi connectivity index (χ0) is 18.8. The molecule has 0 saturated heterocycles. The van der Waals surface area contributed by atoms with Crippen LogP contribution in [0.2, 0.25) is 0 Å². The predicted octanol–water partition coefficient (Wildman–Crippen LogP) is 2.06. The summed E-state index contributed by atoms with van der Waals surface area (Å²) in [6.07, 6.45) is 0. The van der Waals surface area contributed by atoms with Crippen molar-refractivity contribution in [2.75, 3.05) is 12.3 Å². The summed E-state index contributed by atoms with van der Waals surface area (Å²) in [5.74, 6) is 0.318. The Bertz CT molecular complexity index is 773. The summed E-state index contributed by atoms with van der Waals surface area (Å²) in [5, 5.41) is 23.1. The number of phenols is 1. The summed E-state index contributed by atoms with van der Waals surface area (Å²) in [5.41, 5.74) is 1.47. The van der Waals surface area contributed by atoms with Gasteiger partial charge in [0.15, 0.2) is 0 Å². The van der Waals surface area contributed by atoms with E-state index in [1.165, 1.54) is 36.0 Å². The van der Waals surface area contributed by atoms with Crippen molar-refractivity contribution in [2.45, 2.75) is 11.8 Å². The molecule has 0 saturated carbocycles. The number of aromatic hydroxyl groups is 1. The molecule has 0 spiro atoms. The lowest BCUT2D eigenvalue weighted by Gasteiger charge is -2.17. The zero-order valence-electron chi connectivity index (χ0n) is 14.0. The van der Waals surface area contributed by atoms with Gasteiger partial charge in [0.25, 0.3) is 5.91 Å². The van der Waals surface area contributed by atoms with Gasteiger partial charge in [-0.15, -0.1) is 0 Å². The molecule has 26 heavy (non-hydrogen) atoms. The molecule has 7 heteroatoms. The van der Waals surface area contributed by atoms with Crippen LogP contribution in [-0.4, -0.2) is 35.3 Å². The van der Waals surface area contributed by atoms with Crippen molar-refractivity contribution in [2.24, 2.45) is 0 Å². The fraction of sp³-hybridized carbons (Fsp3) is 0.211. The lowest BCUT2D eigenvalue weighted by Crippen LogP contribution is -2.48. The molecule has 134 valence electrons. The first kappa shape index (κ1) is 19.3. The van der Waals surface area contributed by atoms with Crippen LogP contribution in [0.25, 0.3) is 0 Å². The molecular weight excluding hydrogens is 350 g/mol. The quantitative estimate of drug-likeness (QED) is 0.618. The Hall–Kier alpha value is -2.98. The van der Waals surface area contributed by atoms with E-state index in [0.717, 1.165) is 5.56 Å². The highest BCUT2D eigenvalue weighted by Crippen LogP contribution is 2.14. The number of rotatable bonds is 8. The highest BCUT2D eigenvalue weighted by Gasteiger charge is 2.21. The third-order valence-corrected chi connectivity index (χ3v) is 4.60. The van der Waals surface area contributed by atoms with Crippen LogP contribution in [0.1, 0.15) is 15.9 Å². The van der Waals surface area contributed by atoms with Crippen molar-refractivity contribution in [1.82, 2.24) is 10.6 Å². The third kappa shape index (κ3) is 6.15. The van der Waals surface area contributed by atoms with Gasteiger partial charge in [-0.1, -0.05) is 30.3 Å². The molecule has 0 unspecified atom stereocenters. The Morgan fingerprint density at radius 3 is 2.46 bits per heavy atom. The number of benzene rings is 2. The predicted molar refractivity (Wildman–Crippen MR) is 101 cm³/mol. The molecule has 3 N–H and O–H groups in total. The number of nitrogens with one attached hydrogen (secondary N) is 2. The standard InChI is InChI=1S/C19H19N3O3S/c20-10-11-21-19(25)17(13-26-12-14-4-2-1-3-5-14)22-18(24)15-6-8-16(23)9-7-15/h1-9,17,23H,11-13H2,(H,21,25)(H,22,24)/t17-/m0/s1. The first-order chi connectivity index (χ1) is 12.6. The van der Waals surface area contributed by atoms with E-state index in [9.17, 15) is 14.7 Å². The molecule has 0 bridgehead atoms. The van der Waals surface area contributed by atoms with Gasteiger partial charge in [-0.3, -0.25) is 9.59 Å². The van der Waals surface area contributed by atoms with Crippen LogP contribution in [0.4, 0.5) is 0 Å². The van der Waals surface area contributed by atoms with E-state index in [4.69, 9.17) is 5.26 Å². The number of hydrogen-bond acceptors (Lipinski definition) is 5. The van der Waals surface area contributed by atoms with Crippen molar-refractivity contribution in [3.05, 3.63) is 65.7 Å². The van der Waals surface area contributed by atoms with E-state index in [0.29, 0.717) is 17.1 Å². The summed E-state index contributed by atoms with van der Waals surface area (Å²) in [6.45, 7) is -0.117. The first-order valence-electron chi connectivity index (χ1n) is 7.96. The largest absolute Gasteiger partial charge is 0.508 e. The number of nitrogens with zero attached hydrogens (tertiary/aromatic N) is 1. The van der Waals surface area contributed by atoms with E-state index in [-0.39, 0.29) is 12.3 Å². The summed E-state index contributed by atoms with van der Waals surface area (Å²) in [7, 11) is 0. The molecule has 0 radical (unpaired) electrons. The van der Waals surface area contributed by atoms with E-state index < -0.39 is 17.9 Å². The van der Waals surface area contributed by atoms with Gasteiger partial charge in [-0.25, -0.2) is 0 Å². The van der Waals surface area contributed by atoms with Gasteiger partial charge in [0.2, 0.25) is 5.91 Å². The van der Waals surface area contributed by atoms with Crippen molar-refractivity contribution in [3.63, 3.8) is 0 Å². The fourth-order valence-corrected chi connectivity index (χ4v) is 3.17. The average Bonchev–Trinajstić information content (AvgIpc) is 2.66. The van der Waals surface area contributed by atoms with E-state index in [1.54, 1.807) is 0 Å². The van der Waals surface area contributed by atoms with Crippen LogP contribution < -0.4 is 10.6 Å². The van der Waals surface area contributed by atoms with Crippen LogP contribution >= 0.6 is 11.8 Å². The van der Waals surface area contributed by atoms with Crippen LogP contribution in [0, 0.1) is 11.3 Å². The molecule has 1 atom stereocenters. The van der Waals surface area contributed by atoms with Gasteiger partial charge in [-0.2, -0.15) is 17.0 Å². The first-order valence-corrected chi connectivity index (χ1v) is 9.12. The molecule has 0 aromatic heterocycles. The Kier molecular flexibility index (Phi) is 7.52. The zero-order valence-corrected chi connectivity index (χ0v) is 14.8. The Labute approximate surface area is 156 Å². The normalized spacial score (nSPS) is 11.2. The SMILES string of the molecule is N#CCNC(=O)[C@H](CSCc1ccccc1)NC(=O)c1ccc(O)cc1. The van der Waals surface area contributed by atoms with E-state index >= 15 is 0 Å². The van der Waals surface area contributed by atoms with Crippen molar-refractivity contribution < 1.29 is 14.7 Å². The maximum Gasteiger partial charge on any atom is 0.251 e. The number of carbonyl (C=O) groups is 2. The van der Waals surface area contributed by atoms with Crippen LogP contribution in [0.15, 0.2) is 54.6 Å². The minimum atomic E-state index is -0.765. The second kappa shape index (κ2) is 10.1. The van der Waals surface area contributed by atoms with Crippen LogP contribution in [0.3, 0.4) is 0 Å². The monoisotopic (exact) mass is 369 g/mol. The maximum absolute atomic E-state index is 12.3. The molecule has 0 aliphatic heterocycles. The van der Waals surface area contributed by atoms with E-state index in [2.05, 4.69) is 10.6 Å². The highest BCUT2D eigenvalue weighted by atomic mass is 32.2. The lowest BCUT2D eigenvalue weighted by molar-refractivity contribution is -0.122. The fourth-order valence-electron chi connectivity index (χ4n) is 2.16. The molecule has 0 aliphatic carbocycles. The number of phenolic OH excluding ortho intramolecular Hbond substituents is 1. The average molecular weight is 369 g/mol. The van der Waals surface area contributed by atoms with Gasteiger partial charge in [-0.05, 0) is 29.8 Å². The minimum Gasteiger partial charge on any atom is -0.508 e. The van der Waals surface area contributed by atoms with Gasteiger partial charge < -0.3 is 15.7 Å². The topological polar surface area (TPSA) is 102 Å². The number of hydrogen-bond donors (Lipinski definition) is 3. The smallest absolute Gasteiger partial charge is 0.251 e. The summed E-state index contributed by atoms with van der Waals surface area (Å²) in [6, 6.07) is 16.7. The third-order valence-electron chi connectivity index (χ3n) is 3.49. The van der Waals surface area contributed by atoms with Gasteiger partial charge in [0.1, 0.15) is 18.3 Å². The van der Waals surface area contributed by atoms with Gasteiger partial charge >= 0.3 is 0 Å². The van der Waals surface area contributed by atoms with Crippen molar-refractivity contribution in [1.29, 1.82) is 5.26 Å². The summed E-state index contributed by atoms with van der Waals surface area (Å²) in [4.78, 5) is 24.6. The molecule has 2 amide bonds. The minimum absolute atomic E-state index is 0.0586. The second-order valence-corrected chi connectivity index (χ2v) is 6.48. The molecule has 2 aromatic rings. The number of amides is 2. The summed E-state index contributed by atoms with van der Waals surface area (Å²) >= 11 is 1.52. The molecule has 0 fully saturated rings. The lowest BCUT2D eigenvalue weighted by atomic mass is 10.2. The van der Waals surface area contributed by atoms with Gasteiger partial charge in [0, 0.05) is 17.1 Å². The van der Waals surface area contributed by atoms with Crippen molar-refractivity contribution in [3.8, 4) is 11.8 Å². The summed E-state index contributed by atoms with van der Waals surface area (Å²) < 4.78 is 0. The molecule has 0 aliphatic rings. The molecule has 2 aromatic carbocycles. The maximum atomic E-state index is 12.3. The van der Waals surface area contributed by atoms with Crippen LogP contribution in [0.5, 0.6) is 5.75 Å². The molecule has 0 heterocycles.